The number of benzene rings is 1. The van der Waals surface area contributed by atoms with Crippen LogP contribution in [0.5, 0.6) is 5.75 Å². The third-order valence-corrected chi connectivity index (χ3v) is 2.65. The summed E-state index contributed by atoms with van der Waals surface area (Å²) >= 11 is 0. The fourth-order valence-corrected chi connectivity index (χ4v) is 1.55. The minimum absolute atomic E-state index is 0.312. The fourth-order valence-electron chi connectivity index (χ4n) is 1.55. The van der Waals surface area contributed by atoms with E-state index in [0.29, 0.717) is 22.8 Å². The lowest BCUT2D eigenvalue weighted by Gasteiger charge is -2.13. The Morgan fingerprint density at radius 1 is 1.29 bits per heavy atom. The molecule has 0 aliphatic rings. The molecule has 0 radical (unpaired) electrons. The maximum Gasteiger partial charge on any atom is 0.337 e. The smallest absolute Gasteiger partial charge is 0.337 e. The largest absolute Gasteiger partial charge is 0.496 e. The second-order valence-electron chi connectivity index (χ2n) is 4.08. The highest BCUT2D eigenvalue weighted by Crippen LogP contribution is 2.29. The SMILES string of the molecule is C=C(C(=O)OC)c1cc(C(C)C)ccc1OC. The molecule has 0 unspecified atom stereocenters. The Balaban J connectivity index is 3.23. The van der Waals surface area contributed by atoms with E-state index in [2.05, 4.69) is 25.2 Å². The molecule has 0 amide bonds. The first-order valence-corrected chi connectivity index (χ1v) is 5.46. The van der Waals surface area contributed by atoms with Crippen molar-refractivity contribution in [3.8, 4) is 5.75 Å². The van der Waals surface area contributed by atoms with Crippen molar-refractivity contribution in [2.24, 2.45) is 0 Å². The molecule has 3 nitrogen and oxygen atoms in total. The Kier molecular flexibility index (Phi) is 4.32. The standard InChI is InChI=1S/C14H18O3/c1-9(2)11-6-7-13(16-4)12(8-11)10(3)14(15)17-5/h6-9H,3H2,1-2,4-5H3. The summed E-state index contributed by atoms with van der Waals surface area (Å²) in [6.07, 6.45) is 0. The number of rotatable bonds is 4. The molecule has 0 saturated heterocycles. The summed E-state index contributed by atoms with van der Waals surface area (Å²) in [6.45, 7) is 7.93. The second kappa shape index (κ2) is 5.53. The van der Waals surface area contributed by atoms with Gasteiger partial charge in [0.05, 0.1) is 19.8 Å². The topological polar surface area (TPSA) is 35.5 Å². The van der Waals surface area contributed by atoms with E-state index in [1.54, 1.807) is 7.11 Å². The van der Waals surface area contributed by atoms with Crippen molar-refractivity contribution in [3.63, 3.8) is 0 Å². The summed E-state index contributed by atoms with van der Waals surface area (Å²) in [5.41, 5.74) is 2.13. The predicted molar refractivity (Wildman–Crippen MR) is 68.1 cm³/mol. The molecule has 1 aromatic carbocycles. The van der Waals surface area contributed by atoms with E-state index in [1.165, 1.54) is 7.11 Å². The lowest BCUT2D eigenvalue weighted by Crippen LogP contribution is -2.05. The van der Waals surface area contributed by atoms with E-state index in [9.17, 15) is 4.79 Å². The van der Waals surface area contributed by atoms with E-state index >= 15 is 0 Å². The van der Waals surface area contributed by atoms with Crippen LogP contribution >= 0.6 is 0 Å². The Bertz CT molecular complexity index is 433. The van der Waals surface area contributed by atoms with Gasteiger partial charge in [-0.05, 0) is 23.6 Å². The number of methoxy groups -OCH3 is 2. The van der Waals surface area contributed by atoms with Gasteiger partial charge >= 0.3 is 5.97 Å². The van der Waals surface area contributed by atoms with Crippen molar-refractivity contribution in [2.75, 3.05) is 14.2 Å². The fraction of sp³-hybridized carbons (Fsp3) is 0.357. The van der Waals surface area contributed by atoms with Crippen LogP contribution in [0.2, 0.25) is 0 Å². The van der Waals surface area contributed by atoms with Gasteiger partial charge in [-0.25, -0.2) is 4.79 Å². The quantitative estimate of drug-likeness (QED) is 0.593. The van der Waals surface area contributed by atoms with Gasteiger partial charge in [0.1, 0.15) is 5.75 Å². The van der Waals surface area contributed by atoms with Crippen LogP contribution in [-0.4, -0.2) is 20.2 Å². The van der Waals surface area contributed by atoms with Crippen LogP contribution in [0.3, 0.4) is 0 Å². The Morgan fingerprint density at radius 2 is 1.94 bits per heavy atom. The van der Waals surface area contributed by atoms with Gasteiger partial charge in [0.2, 0.25) is 0 Å². The van der Waals surface area contributed by atoms with E-state index in [4.69, 9.17) is 4.74 Å². The zero-order valence-electron chi connectivity index (χ0n) is 10.7. The Morgan fingerprint density at radius 3 is 2.41 bits per heavy atom. The van der Waals surface area contributed by atoms with Crippen LogP contribution in [0.4, 0.5) is 0 Å². The molecular weight excluding hydrogens is 216 g/mol. The Hall–Kier alpha value is -1.77. The molecule has 0 bridgehead atoms. The van der Waals surface area contributed by atoms with Gasteiger partial charge in [0, 0.05) is 5.56 Å². The van der Waals surface area contributed by atoms with Crippen molar-refractivity contribution in [1.29, 1.82) is 0 Å². The molecule has 17 heavy (non-hydrogen) atoms. The first-order chi connectivity index (χ1) is 8.01. The lowest BCUT2D eigenvalue weighted by molar-refractivity contribution is -0.133. The van der Waals surface area contributed by atoms with Gasteiger partial charge in [-0.15, -0.1) is 0 Å². The molecule has 0 saturated carbocycles. The van der Waals surface area contributed by atoms with E-state index in [-0.39, 0.29) is 0 Å². The van der Waals surface area contributed by atoms with Crippen molar-refractivity contribution in [1.82, 2.24) is 0 Å². The average Bonchev–Trinajstić information content (AvgIpc) is 2.35. The summed E-state index contributed by atoms with van der Waals surface area (Å²) < 4.78 is 9.90. The van der Waals surface area contributed by atoms with Crippen molar-refractivity contribution in [2.45, 2.75) is 19.8 Å². The number of hydrogen-bond donors (Lipinski definition) is 0. The number of esters is 1. The normalized spacial score (nSPS) is 10.2. The van der Waals surface area contributed by atoms with Crippen LogP contribution in [0, 0.1) is 0 Å². The van der Waals surface area contributed by atoms with E-state index in [0.717, 1.165) is 5.56 Å². The molecule has 92 valence electrons. The number of ether oxygens (including phenoxy) is 2. The summed E-state index contributed by atoms with van der Waals surface area (Å²) in [7, 11) is 2.91. The first-order valence-electron chi connectivity index (χ1n) is 5.46. The molecule has 0 atom stereocenters. The molecule has 0 spiro atoms. The highest BCUT2D eigenvalue weighted by atomic mass is 16.5. The zero-order valence-corrected chi connectivity index (χ0v) is 10.7. The molecule has 1 rings (SSSR count). The number of carbonyl (C=O) groups excluding carboxylic acids is 1. The van der Waals surface area contributed by atoms with Gasteiger partial charge in [0.25, 0.3) is 0 Å². The van der Waals surface area contributed by atoms with Gasteiger partial charge < -0.3 is 9.47 Å². The number of hydrogen-bond acceptors (Lipinski definition) is 3. The molecule has 0 aromatic heterocycles. The summed E-state index contributed by atoms with van der Waals surface area (Å²) in [6, 6.07) is 5.75. The molecule has 0 aliphatic heterocycles. The average molecular weight is 234 g/mol. The van der Waals surface area contributed by atoms with E-state index < -0.39 is 5.97 Å². The molecule has 0 aliphatic carbocycles. The molecular formula is C14H18O3. The lowest BCUT2D eigenvalue weighted by atomic mass is 9.97. The van der Waals surface area contributed by atoms with Crippen molar-refractivity contribution < 1.29 is 14.3 Å². The molecule has 1 aromatic rings. The molecule has 0 fully saturated rings. The third kappa shape index (κ3) is 2.87. The van der Waals surface area contributed by atoms with Crippen LogP contribution in [0.15, 0.2) is 24.8 Å². The van der Waals surface area contributed by atoms with Gasteiger partial charge in [0.15, 0.2) is 0 Å². The van der Waals surface area contributed by atoms with Crippen LogP contribution in [-0.2, 0) is 9.53 Å². The molecule has 0 heterocycles. The zero-order chi connectivity index (χ0) is 13.0. The maximum absolute atomic E-state index is 11.5. The van der Waals surface area contributed by atoms with Crippen molar-refractivity contribution in [3.05, 3.63) is 35.9 Å². The maximum atomic E-state index is 11.5. The van der Waals surface area contributed by atoms with Crippen LogP contribution < -0.4 is 4.74 Å². The minimum Gasteiger partial charge on any atom is -0.496 e. The molecule has 3 heteroatoms. The monoisotopic (exact) mass is 234 g/mol. The molecule has 0 N–H and O–H groups in total. The highest BCUT2D eigenvalue weighted by molar-refractivity contribution is 6.16. The van der Waals surface area contributed by atoms with Gasteiger partial charge in [-0.1, -0.05) is 26.5 Å². The van der Waals surface area contributed by atoms with Gasteiger partial charge in [-0.2, -0.15) is 0 Å². The highest BCUT2D eigenvalue weighted by Gasteiger charge is 2.15. The predicted octanol–water partition coefficient (Wildman–Crippen LogP) is 3.00. The summed E-state index contributed by atoms with van der Waals surface area (Å²) in [5.74, 6) is 0.569. The second-order valence-corrected chi connectivity index (χ2v) is 4.08. The number of carbonyl (C=O) groups is 1. The van der Waals surface area contributed by atoms with Gasteiger partial charge in [-0.3, -0.25) is 0 Å². The Labute approximate surface area is 102 Å². The van der Waals surface area contributed by atoms with Crippen LogP contribution in [0.25, 0.3) is 5.57 Å². The minimum atomic E-state index is -0.441. The summed E-state index contributed by atoms with van der Waals surface area (Å²) in [4.78, 5) is 11.5. The summed E-state index contributed by atoms with van der Waals surface area (Å²) in [5, 5.41) is 0. The van der Waals surface area contributed by atoms with E-state index in [1.807, 2.05) is 18.2 Å². The van der Waals surface area contributed by atoms with Crippen molar-refractivity contribution >= 4 is 11.5 Å². The van der Waals surface area contributed by atoms with Crippen LogP contribution in [0.1, 0.15) is 30.9 Å². The first kappa shape index (κ1) is 13.3. The third-order valence-electron chi connectivity index (χ3n) is 2.65.